The minimum absolute atomic E-state index is 0.0835. The highest BCUT2D eigenvalue weighted by atomic mass is 32.2. The van der Waals surface area contributed by atoms with Gasteiger partial charge in [-0.1, -0.05) is 37.3 Å². The molecule has 0 bridgehead atoms. The molecular formula is C21H24N4O5S. The quantitative estimate of drug-likeness (QED) is 0.631. The number of anilines is 1. The molecule has 1 fully saturated rings. The highest BCUT2D eigenvalue weighted by molar-refractivity contribution is 7.89. The van der Waals surface area contributed by atoms with Crippen LogP contribution in [0, 0.1) is 0 Å². The smallest absolute Gasteiger partial charge is 0.325 e. The van der Waals surface area contributed by atoms with Crippen molar-refractivity contribution >= 4 is 33.6 Å². The fourth-order valence-electron chi connectivity index (χ4n) is 3.40. The first kappa shape index (κ1) is 22.4. The van der Waals surface area contributed by atoms with Gasteiger partial charge >= 0.3 is 6.03 Å². The van der Waals surface area contributed by atoms with E-state index in [4.69, 9.17) is 0 Å². The predicted molar refractivity (Wildman–Crippen MR) is 115 cm³/mol. The van der Waals surface area contributed by atoms with E-state index in [0.717, 1.165) is 9.21 Å². The standard InChI is InChI=1S/C21H24N4O5S/c1-4-21(15-8-6-5-7-9-15)19(27)25(20(28)23-21)14-18(26)22-16-10-12-17(13-11-16)31(29,30)24(2)3/h5-13H,4,14H2,1-3H3,(H,22,26)(H,23,28)/t21-/m0/s1. The van der Waals surface area contributed by atoms with Crippen LogP contribution in [-0.4, -0.2) is 56.1 Å². The maximum absolute atomic E-state index is 13.1. The molecule has 0 unspecified atom stereocenters. The first-order valence-electron chi connectivity index (χ1n) is 9.64. The van der Waals surface area contributed by atoms with Crippen LogP contribution >= 0.6 is 0 Å². The van der Waals surface area contributed by atoms with Gasteiger partial charge in [0, 0.05) is 19.8 Å². The van der Waals surface area contributed by atoms with Crippen molar-refractivity contribution in [1.82, 2.24) is 14.5 Å². The maximum Gasteiger partial charge on any atom is 0.325 e. The van der Waals surface area contributed by atoms with Gasteiger partial charge in [0.25, 0.3) is 5.91 Å². The number of urea groups is 1. The van der Waals surface area contributed by atoms with Crippen LogP contribution in [0.3, 0.4) is 0 Å². The summed E-state index contributed by atoms with van der Waals surface area (Å²) in [6.45, 7) is 1.33. The number of amides is 4. The molecule has 164 valence electrons. The van der Waals surface area contributed by atoms with E-state index in [0.29, 0.717) is 17.7 Å². The molecule has 0 aliphatic carbocycles. The van der Waals surface area contributed by atoms with Gasteiger partial charge in [0.15, 0.2) is 0 Å². The number of hydrogen-bond acceptors (Lipinski definition) is 5. The molecule has 1 aliphatic heterocycles. The number of nitrogens with zero attached hydrogens (tertiary/aromatic N) is 2. The van der Waals surface area contributed by atoms with Crippen LogP contribution in [0.2, 0.25) is 0 Å². The van der Waals surface area contributed by atoms with Crippen molar-refractivity contribution in [1.29, 1.82) is 0 Å². The van der Waals surface area contributed by atoms with Gasteiger partial charge in [-0.15, -0.1) is 0 Å². The second-order valence-corrected chi connectivity index (χ2v) is 9.46. The van der Waals surface area contributed by atoms with E-state index < -0.39 is 40.0 Å². The van der Waals surface area contributed by atoms with Crippen LogP contribution in [0.5, 0.6) is 0 Å². The lowest BCUT2D eigenvalue weighted by atomic mass is 9.87. The monoisotopic (exact) mass is 444 g/mol. The Labute approximate surface area is 181 Å². The lowest BCUT2D eigenvalue weighted by Gasteiger charge is -2.25. The average molecular weight is 445 g/mol. The molecule has 9 nitrogen and oxygen atoms in total. The fourth-order valence-corrected chi connectivity index (χ4v) is 4.30. The SMILES string of the molecule is CC[C@@]1(c2ccccc2)NC(=O)N(CC(=O)Nc2ccc(S(=O)(=O)N(C)C)cc2)C1=O. The normalized spacial score (nSPS) is 18.9. The minimum Gasteiger partial charge on any atom is -0.325 e. The number of imide groups is 1. The van der Waals surface area contributed by atoms with E-state index in [1.165, 1.54) is 38.4 Å². The molecule has 1 atom stereocenters. The Balaban J connectivity index is 1.72. The number of benzene rings is 2. The van der Waals surface area contributed by atoms with Crippen molar-refractivity contribution in [3.8, 4) is 0 Å². The fraction of sp³-hybridized carbons (Fsp3) is 0.286. The molecular weight excluding hydrogens is 420 g/mol. The Morgan fingerprint density at radius 1 is 1.06 bits per heavy atom. The second-order valence-electron chi connectivity index (χ2n) is 7.31. The van der Waals surface area contributed by atoms with Crippen molar-refractivity contribution in [2.45, 2.75) is 23.8 Å². The van der Waals surface area contributed by atoms with Gasteiger partial charge in [-0.3, -0.25) is 14.5 Å². The third kappa shape index (κ3) is 4.17. The van der Waals surface area contributed by atoms with Gasteiger partial charge in [0.1, 0.15) is 12.1 Å². The summed E-state index contributed by atoms with van der Waals surface area (Å²) in [5.74, 6) is -1.07. The summed E-state index contributed by atoms with van der Waals surface area (Å²) in [5, 5.41) is 5.30. The molecule has 0 radical (unpaired) electrons. The van der Waals surface area contributed by atoms with Gasteiger partial charge in [0.05, 0.1) is 4.90 Å². The summed E-state index contributed by atoms with van der Waals surface area (Å²) in [5.41, 5.74) is -0.211. The summed E-state index contributed by atoms with van der Waals surface area (Å²) < 4.78 is 25.3. The predicted octanol–water partition coefficient (Wildman–Crippen LogP) is 1.73. The minimum atomic E-state index is -3.58. The molecule has 0 spiro atoms. The Hall–Kier alpha value is -3.24. The van der Waals surface area contributed by atoms with E-state index in [2.05, 4.69) is 10.6 Å². The van der Waals surface area contributed by atoms with Crippen LogP contribution in [0.4, 0.5) is 10.5 Å². The molecule has 0 aromatic heterocycles. The lowest BCUT2D eigenvalue weighted by Crippen LogP contribution is -2.44. The van der Waals surface area contributed by atoms with Crippen LogP contribution in [0.15, 0.2) is 59.5 Å². The zero-order valence-corrected chi connectivity index (χ0v) is 18.3. The maximum atomic E-state index is 13.1. The molecule has 1 aliphatic rings. The van der Waals surface area contributed by atoms with Crippen LogP contribution < -0.4 is 10.6 Å². The molecule has 10 heteroatoms. The molecule has 2 N–H and O–H groups in total. The van der Waals surface area contributed by atoms with E-state index in [9.17, 15) is 22.8 Å². The van der Waals surface area contributed by atoms with Crippen molar-refractivity contribution in [3.63, 3.8) is 0 Å². The Morgan fingerprint density at radius 3 is 2.23 bits per heavy atom. The highest BCUT2D eigenvalue weighted by Crippen LogP contribution is 2.32. The number of carbonyl (C=O) groups is 3. The first-order valence-corrected chi connectivity index (χ1v) is 11.1. The summed E-state index contributed by atoms with van der Waals surface area (Å²) >= 11 is 0. The zero-order chi connectivity index (χ0) is 22.8. The third-order valence-electron chi connectivity index (χ3n) is 5.19. The molecule has 2 aromatic carbocycles. The highest BCUT2D eigenvalue weighted by Gasteiger charge is 2.51. The molecule has 2 aromatic rings. The molecule has 3 rings (SSSR count). The van der Waals surface area contributed by atoms with E-state index in [1.807, 2.05) is 6.07 Å². The second kappa shape index (κ2) is 8.48. The van der Waals surface area contributed by atoms with Crippen LogP contribution in [0.1, 0.15) is 18.9 Å². The van der Waals surface area contributed by atoms with Crippen molar-refractivity contribution in [2.24, 2.45) is 0 Å². The number of sulfonamides is 1. The zero-order valence-electron chi connectivity index (χ0n) is 17.5. The van der Waals surface area contributed by atoms with Crippen molar-refractivity contribution in [3.05, 3.63) is 60.2 Å². The Bertz CT molecular complexity index is 1100. The first-order chi connectivity index (χ1) is 14.6. The van der Waals surface area contributed by atoms with Gasteiger partial charge in [-0.25, -0.2) is 17.5 Å². The summed E-state index contributed by atoms with van der Waals surface area (Å²) in [6, 6.07) is 13.9. The molecule has 0 saturated carbocycles. The topological polar surface area (TPSA) is 116 Å². The van der Waals surface area contributed by atoms with Crippen molar-refractivity contribution < 1.29 is 22.8 Å². The van der Waals surface area contributed by atoms with Gasteiger partial charge < -0.3 is 10.6 Å². The van der Waals surface area contributed by atoms with Gasteiger partial charge in [0.2, 0.25) is 15.9 Å². The summed E-state index contributed by atoms with van der Waals surface area (Å²) in [4.78, 5) is 39.0. The molecule has 31 heavy (non-hydrogen) atoms. The average Bonchev–Trinajstić information content (AvgIpc) is 2.99. The number of carbonyl (C=O) groups excluding carboxylic acids is 3. The third-order valence-corrected chi connectivity index (χ3v) is 7.02. The number of nitrogens with one attached hydrogen (secondary N) is 2. The van der Waals surface area contributed by atoms with Crippen LogP contribution in [-0.2, 0) is 25.2 Å². The lowest BCUT2D eigenvalue weighted by molar-refractivity contribution is -0.134. The van der Waals surface area contributed by atoms with E-state index in [-0.39, 0.29) is 4.90 Å². The van der Waals surface area contributed by atoms with Gasteiger partial charge in [-0.2, -0.15) is 0 Å². The molecule has 4 amide bonds. The summed E-state index contributed by atoms with van der Waals surface area (Å²) in [6.07, 6.45) is 0.335. The Morgan fingerprint density at radius 2 is 1.68 bits per heavy atom. The van der Waals surface area contributed by atoms with Gasteiger partial charge in [-0.05, 0) is 36.2 Å². The Kier molecular flexibility index (Phi) is 6.14. The van der Waals surface area contributed by atoms with Crippen LogP contribution in [0.25, 0.3) is 0 Å². The number of rotatable bonds is 7. The van der Waals surface area contributed by atoms with Crippen molar-refractivity contribution in [2.75, 3.05) is 26.0 Å². The number of hydrogen-bond donors (Lipinski definition) is 2. The molecule has 1 heterocycles. The largest absolute Gasteiger partial charge is 0.325 e. The van der Waals surface area contributed by atoms with E-state index in [1.54, 1.807) is 31.2 Å². The van der Waals surface area contributed by atoms with E-state index >= 15 is 0 Å². The molecule has 1 saturated heterocycles. The summed E-state index contributed by atoms with van der Waals surface area (Å²) in [7, 11) is -0.732.